The maximum absolute atomic E-state index is 11.5. The summed E-state index contributed by atoms with van der Waals surface area (Å²) < 4.78 is 23.0. The van der Waals surface area contributed by atoms with Crippen LogP contribution in [0.5, 0.6) is 0 Å². The lowest BCUT2D eigenvalue weighted by molar-refractivity contribution is -0.137. The van der Waals surface area contributed by atoms with Gasteiger partial charge < -0.3 is 10.4 Å². The van der Waals surface area contributed by atoms with Crippen molar-refractivity contribution < 1.29 is 27.9 Å². The summed E-state index contributed by atoms with van der Waals surface area (Å²) in [6, 6.07) is -0.757. The Morgan fingerprint density at radius 1 is 1.20 bits per heavy atom. The molecule has 0 bridgehead atoms. The summed E-state index contributed by atoms with van der Waals surface area (Å²) in [4.78, 5) is 32.9. The summed E-state index contributed by atoms with van der Waals surface area (Å²) in [5, 5.41) is 12.2. The van der Waals surface area contributed by atoms with Crippen molar-refractivity contribution in [1.82, 2.24) is 10.6 Å². The Bertz CT molecular complexity index is 487. The smallest absolute Gasteiger partial charge is 0.321 e. The monoisotopic (exact) mass is 306 g/mol. The predicted molar refractivity (Wildman–Crippen MR) is 69.8 cm³/mol. The molecule has 1 saturated heterocycles. The van der Waals surface area contributed by atoms with E-state index in [2.05, 4.69) is 5.32 Å². The van der Waals surface area contributed by atoms with Gasteiger partial charge >= 0.3 is 12.0 Å². The number of urea groups is 1. The molecule has 1 heterocycles. The summed E-state index contributed by atoms with van der Waals surface area (Å²) in [6.07, 6.45) is 1.03. The highest BCUT2D eigenvalue weighted by Gasteiger charge is 2.31. The molecule has 1 fully saturated rings. The van der Waals surface area contributed by atoms with E-state index in [4.69, 9.17) is 5.11 Å². The van der Waals surface area contributed by atoms with Crippen molar-refractivity contribution in [2.75, 3.05) is 12.3 Å². The van der Waals surface area contributed by atoms with E-state index in [0.29, 0.717) is 12.8 Å². The number of rotatable bonds is 6. The molecule has 3 N–H and O–H groups in total. The molecule has 0 saturated carbocycles. The Morgan fingerprint density at radius 2 is 1.90 bits per heavy atom. The second-order valence-corrected chi connectivity index (χ2v) is 7.04. The van der Waals surface area contributed by atoms with Crippen LogP contribution in [0.3, 0.4) is 0 Å². The van der Waals surface area contributed by atoms with E-state index in [1.165, 1.54) is 0 Å². The second kappa shape index (κ2) is 7.22. The highest BCUT2D eigenvalue weighted by molar-refractivity contribution is 7.92. The van der Waals surface area contributed by atoms with Gasteiger partial charge in [0.05, 0.1) is 11.0 Å². The third-order valence-corrected chi connectivity index (χ3v) is 5.28. The first-order valence-electron chi connectivity index (χ1n) is 6.32. The maximum atomic E-state index is 11.5. The van der Waals surface area contributed by atoms with Gasteiger partial charge in [0, 0.05) is 19.4 Å². The molecule has 0 aromatic carbocycles. The third-order valence-electron chi connectivity index (χ3n) is 3.00. The van der Waals surface area contributed by atoms with Crippen LogP contribution >= 0.6 is 0 Å². The molecule has 1 aliphatic rings. The van der Waals surface area contributed by atoms with Gasteiger partial charge in [0.1, 0.15) is 0 Å². The van der Waals surface area contributed by atoms with Crippen LogP contribution in [-0.4, -0.2) is 49.0 Å². The highest BCUT2D eigenvalue weighted by atomic mass is 32.2. The topological polar surface area (TPSA) is 130 Å². The Hall–Kier alpha value is -1.64. The van der Waals surface area contributed by atoms with Crippen LogP contribution in [0, 0.1) is 0 Å². The third kappa shape index (κ3) is 5.55. The Labute approximate surface area is 116 Å². The first-order valence-corrected chi connectivity index (χ1v) is 8.04. The molecule has 114 valence electrons. The van der Waals surface area contributed by atoms with Crippen molar-refractivity contribution >= 4 is 27.7 Å². The molecule has 20 heavy (non-hydrogen) atoms. The van der Waals surface area contributed by atoms with Crippen LogP contribution in [0.4, 0.5) is 4.79 Å². The minimum atomic E-state index is -3.13. The van der Waals surface area contributed by atoms with Crippen LogP contribution in [0.1, 0.15) is 32.1 Å². The number of carbonyl (C=O) groups excluding carboxylic acids is 2. The SMILES string of the molecule is O=C(O)CCCC(=O)NC(=O)NCC1CCCS1(=O)=O. The average Bonchev–Trinajstić information content (AvgIpc) is 2.65. The van der Waals surface area contributed by atoms with E-state index in [9.17, 15) is 22.8 Å². The van der Waals surface area contributed by atoms with Gasteiger partial charge in [-0.25, -0.2) is 13.2 Å². The molecule has 0 aliphatic carbocycles. The summed E-state index contributed by atoms with van der Waals surface area (Å²) in [7, 11) is -3.13. The van der Waals surface area contributed by atoms with Crippen LogP contribution in [0.2, 0.25) is 0 Å². The molecule has 0 radical (unpaired) electrons. The summed E-state index contributed by atoms with van der Waals surface area (Å²) in [5.74, 6) is -1.46. The first-order chi connectivity index (χ1) is 9.31. The molecule has 1 atom stereocenters. The molecular weight excluding hydrogens is 288 g/mol. The average molecular weight is 306 g/mol. The Kier molecular flexibility index (Phi) is 5.93. The van der Waals surface area contributed by atoms with E-state index in [-0.39, 0.29) is 31.6 Å². The van der Waals surface area contributed by atoms with Gasteiger partial charge in [-0.3, -0.25) is 14.9 Å². The molecule has 8 nitrogen and oxygen atoms in total. The molecule has 0 spiro atoms. The summed E-state index contributed by atoms with van der Waals surface area (Å²) in [5.41, 5.74) is 0. The number of hydrogen-bond acceptors (Lipinski definition) is 5. The van der Waals surface area contributed by atoms with Crippen molar-refractivity contribution in [3.63, 3.8) is 0 Å². The summed E-state index contributed by atoms with van der Waals surface area (Å²) >= 11 is 0. The lowest BCUT2D eigenvalue weighted by Crippen LogP contribution is -2.43. The van der Waals surface area contributed by atoms with E-state index in [1.807, 2.05) is 5.32 Å². The van der Waals surface area contributed by atoms with Crippen LogP contribution in [-0.2, 0) is 19.4 Å². The first kappa shape index (κ1) is 16.4. The predicted octanol–water partition coefficient (Wildman–Crippen LogP) is -0.356. The van der Waals surface area contributed by atoms with Crippen molar-refractivity contribution in [3.8, 4) is 0 Å². The molecule has 1 aliphatic heterocycles. The lowest BCUT2D eigenvalue weighted by atomic mass is 10.2. The van der Waals surface area contributed by atoms with Crippen molar-refractivity contribution in [3.05, 3.63) is 0 Å². The van der Waals surface area contributed by atoms with Gasteiger partial charge in [0.25, 0.3) is 0 Å². The van der Waals surface area contributed by atoms with Crippen LogP contribution in [0.25, 0.3) is 0 Å². The van der Waals surface area contributed by atoms with E-state index in [0.717, 1.165) is 0 Å². The normalized spacial score (nSPS) is 20.3. The number of sulfone groups is 1. The van der Waals surface area contributed by atoms with Crippen molar-refractivity contribution in [2.45, 2.75) is 37.4 Å². The van der Waals surface area contributed by atoms with Gasteiger partial charge in [-0.05, 0) is 19.3 Å². The van der Waals surface area contributed by atoms with Crippen molar-refractivity contribution in [1.29, 1.82) is 0 Å². The van der Waals surface area contributed by atoms with Gasteiger partial charge in [0.15, 0.2) is 9.84 Å². The number of hydrogen-bond donors (Lipinski definition) is 3. The zero-order chi connectivity index (χ0) is 15.2. The maximum Gasteiger partial charge on any atom is 0.321 e. The van der Waals surface area contributed by atoms with Gasteiger partial charge in [-0.1, -0.05) is 0 Å². The molecule has 1 unspecified atom stereocenters. The van der Waals surface area contributed by atoms with Crippen LogP contribution < -0.4 is 10.6 Å². The minimum Gasteiger partial charge on any atom is -0.481 e. The number of carbonyl (C=O) groups is 3. The molecule has 9 heteroatoms. The standard InChI is InChI=1S/C11H18N2O6S/c14-9(4-1-5-10(15)16)13-11(17)12-7-8-3-2-6-20(8,18)19/h8H,1-7H2,(H,15,16)(H2,12,13,14,17). The second-order valence-electron chi connectivity index (χ2n) is 4.64. The molecule has 0 aromatic rings. The van der Waals surface area contributed by atoms with E-state index < -0.39 is 33.0 Å². The number of carboxylic acid groups (broad SMARTS) is 1. The zero-order valence-electron chi connectivity index (χ0n) is 10.9. The van der Waals surface area contributed by atoms with Crippen molar-refractivity contribution in [2.24, 2.45) is 0 Å². The van der Waals surface area contributed by atoms with Crippen LogP contribution in [0.15, 0.2) is 0 Å². The Morgan fingerprint density at radius 3 is 2.45 bits per heavy atom. The highest BCUT2D eigenvalue weighted by Crippen LogP contribution is 2.18. The zero-order valence-corrected chi connectivity index (χ0v) is 11.7. The quantitative estimate of drug-likeness (QED) is 0.614. The fourth-order valence-electron chi connectivity index (χ4n) is 1.93. The number of aliphatic carboxylic acids is 1. The van der Waals surface area contributed by atoms with E-state index in [1.54, 1.807) is 0 Å². The van der Waals surface area contributed by atoms with Gasteiger partial charge in [-0.2, -0.15) is 0 Å². The van der Waals surface area contributed by atoms with Gasteiger partial charge in [-0.15, -0.1) is 0 Å². The number of nitrogens with one attached hydrogen (secondary N) is 2. The fourth-order valence-corrected chi connectivity index (χ4v) is 3.69. The minimum absolute atomic E-state index is 0.0173. The number of amides is 3. The van der Waals surface area contributed by atoms with E-state index >= 15 is 0 Å². The molecule has 0 aromatic heterocycles. The lowest BCUT2D eigenvalue weighted by Gasteiger charge is -2.11. The molecular formula is C11H18N2O6S. The number of imide groups is 1. The molecule has 3 amide bonds. The molecule has 1 rings (SSSR count). The van der Waals surface area contributed by atoms with Gasteiger partial charge in [0.2, 0.25) is 5.91 Å². The number of carboxylic acids is 1. The summed E-state index contributed by atoms with van der Waals surface area (Å²) in [6.45, 7) is -0.0173. The fraction of sp³-hybridized carbons (Fsp3) is 0.727. The largest absolute Gasteiger partial charge is 0.481 e. The Balaban J connectivity index is 2.23.